The van der Waals surface area contributed by atoms with Crippen LogP contribution in [0.4, 0.5) is 0 Å². The molecule has 1 saturated carbocycles. The van der Waals surface area contributed by atoms with Crippen LogP contribution in [0, 0.1) is 5.92 Å². The Morgan fingerprint density at radius 1 is 1.16 bits per heavy atom. The Kier molecular flexibility index (Phi) is 5.46. The maximum atomic E-state index is 6.54. The van der Waals surface area contributed by atoms with Gasteiger partial charge in [-0.3, -0.25) is 0 Å². The first-order valence-electron chi connectivity index (χ1n) is 11.5. The molecular weight excluding hydrogens is 388 g/mol. The minimum absolute atomic E-state index is 0.0343. The molecular formula is C27H34O4. The summed E-state index contributed by atoms with van der Waals surface area (Å²) in [5.41, 5.74) is 2.24. The number of fused-ring (bicyclic) bond motifs is 1. The fourth-order valence-electron chi connectivity index (χ4n) is 5.74. The van der Waals surface area contributed by atoms with E-state index in [1.165, 1.54) is 21.9 Å². The molecule has 166 valence electrons. The van der Waals surface area contributed by atoms with Gasteiger partial charge in [0.1, 0.15) is 5.60 Å². The van der Waals surface area contributed by atoms with Crippen LogP contribution in [-0.4, -0.2) is 43.2 Å². The smallest absolute Gasteiger partial charge is 0.101 e. The maximum Gasteiger partial charge on any atom is 0.101 e. The molecule has 4 heteroatoms. The molecule has 0 N–H and O–H groups in total. The summed E-state index contributed by atoms with van der Waals surface area (Å²) >= 11 is 0. The van der Waals surface area contributed by atoms with Crippen LogP contribution in [0.5, 0.6) is 0 Å². The van der Waals surface area contributed by atoms with Crippen molar-refractivity contribution in [2.75, 3.05) is 13.7 Å². The van der Waals surface area contributed by atoms with Crippen LogP contribution < -0.4 is 0 Å². The molecule has 0 amide bonds. The first-order valence-corrected chi connectivity index (χ1v) is 11.5. The second-order valence-corrected chi connectivity index (χ2v) is 9.87. The lowest BCUT2D eigenvalue weighted by Gasteiger charge is -2.43. The van der Waals surface area contributed by atoms with Gasteiger partial charge in [-0.1, -0.05) is 54.1 Å². The van der Waals surface area contributed by atoms with Gasteiger partial charge in [0.2, 0.25) is 0 Å². The fourth-order valence-corrected chi connectivity index (χ4v) is 5.74. The first-order chi connectivity index (χ1) is 15.0. The summed E-state index contributed by atoms with van der Waals surface area (Å²) in [7, 11) is 1.81. The highest BCUT2D eigenvalue weighted by atomic mass is 16.6. The van der Waals surface area contributed by atoms with Gasteiger partial charge in [-0.2, -0.15) is 0 Å². The van der Waals surface area contributed by atoms with Gasteiger partial charge >= 0.3 is 0 Å². The standard InChI is InChI=1S/C27H34O4/c1-18(2)12-13-23-26(3,31-23)25-24(28-4)22(14-15-27(25)17-30-27)29-16-20-10-7-9-19-8-5-6-11-21(19)20/h5-12,22-25H,13-17H2,1-4H3. The average molecular weight is 423 g/mol. The van der Waals surface area contributed by atoms with Crippen LogP contribution in [0.1, 0.15) is 45.6 Å². The van der Waals surface area contributed by atoms with E-state index in [1.807, 2.05) is 7.11 Å². The number of benzene rings is 2. The highest BCUT2D eigenvalue weighted by Gasteiger charge is 2.71. The number of ether oxygens (including phenoxy) is 4. The predicted molar refractivity (Wildman–Crippen MR) is 122 cm³/mol. The lowest BCUT2D eigenvalue weighted by Crippen LogP contribution is -2.55. The topological polar surface area (TPSA) is 43.5 Å². The third-order valence-corrected chi connectivity index (χ3v) is 7.57. The summed E-state index contributed by atoms with van der Waals surface area (Å²) in [5.74, 6) is 0.187. The van der Waals surface area contributed by atoms with Gasteiger partial charge < -0.3 is 18.9 Å². The number of hydrogen-bond acceptors (Lipinski definition) is 4. The van der Waals surface area contributed by atoms with Crippen molar-refractivity contribution in [3.63, 3.8) is 0 Å². The highest BCUT2D eigenvalue weighted by Crippen LogP contribution is 2.59. The van der Waals surface area contributed by atoms with Crippen molar-refractivity contribution in [2.45, 2.75) is 76.2 Å². The van der Waals surface area contributed by atoms with E-state index in [0.717, 1.165) is 25.9 Å². The molecule has 6 atom stereocenters. The minimum atomic E-state index is -0.218. The van der Waals surface area contributed by atoms with Gasteiger partial charge in [-0.15, -0.1) is 0 Å². The molecule has 2 saturated heterocycles. The third-order valence-electron chi connectivity index (χ3n) is 7.57. The van der Waals surface area contributed by atoms with Crippen LogP contribution in [0.3, 0.4) is 0 Å². The zero-order valence-electron chi connectivity index (χ0n) is 19.1. The zero-order valence-corrected chi connectivity index (χ0v) is 19.1. The number of epoxide rings is 2. The first kappa shape index (κ1) is 21.1. The summed E-state index contributed by atoms with van der Waals surface area (Å²) in [4.78, 5) is 0. The molecule has 1 aliphatic carbocycles. The van der Waals surface area contributed by atoms with Crippen molar-refractivity contribution in [1.29, 1.82) is 0 Å². The molecule has 31 heavy (non-hydrogen) atoms. The summed E-state index contributed by atoms with van der Waals surface area (Å²) in [5, 5.41) is 2.51. The maximum absolute atomic E-state index is 6.54. The van der Waals surface area contributed by atoms with Gasteiger partial charge in [0, 0.05) is 7.11 Å². The SMILES string of the molecule is COC1C(OCc2cccc3ccccc23)CCC2(CO2)C1C1(C)OC1CC=C(C)C. The van der Waals surface area contributed by atoms with Crippen molar-refractivity contribution < 1.29 is 18.9 Å². The Morgan fingerprint density at radius 3 is 2.68 bits per heavy atom. The van der Waals surface area contributed by atoms with E-state index >= 15 is 0 Å². The van der Waals surface area contributed by atoms with E-state index in [0.29, 0.717) is 6.61 Å². The molecule has 2 heterocycles. The Bertz CT molecular complexity index is 969. The van der Waals surface area contributed by atoms with Crippen LogP contribution in [-0.2, 0) is 25.6 Å². The van der Waals surface area contributed by atoms with Crippen LogP contribution in [0.15, 0.2) is 54.1 Å². The van der Waals surface area contributed by atoms with Crippen molar-refractivity contribution in [1.82, 2.24) is 0 Å². The van der Waals surface area contributed by atoms with Crippen molar-refractivity contribution in [2.24, 2.45) is 5.92 Å². The molecule has 3 aliphatic rings. The van der Waals surface area contributed by atoms with Crippen LogP contribution >= 0.6 is 0 Å². The molecule has 2 aromatic rings. The van der Waals surface area contributed by atoms with Crippen molar-refractivity contribution in [3.8, 4) is 0 Å². The quantitative estimate of drug-likeness (QED) is 0.441. The molecule has 3 fully saturated rings. The summed E-state index contributed by atoms with van der Waals surface area (Å²) < 4.78 is 25.0. The Labute approximate surface area is 185 Å². The summed E-state index contributed by atoms with van der Waals surface area (Å²) in [6.45, 7) is 7.92. The van der Waals surface area contributed by atoms with E-state index < -0.39 is 0 Å². The molecule has 2 aromatic carbocycles. The number of allylic oxidation sites excluding steroid dienone is 1. The van der Waals surface area contributed by atoms with Crippen LogP contribution in [0.25, 0.3) is 10.8 Å². The van der Waals surface area contributed by atoms with E-state index in [9.17, 15) is 0 Å². The van der Waals surface area contributed by atoms with Gasteiger partial charge in [-0.25, -0.2) is 0 Å². The second kappa shape index (κ2) is 8.00. The van der Waals surface area contributed by atoms with E-state index in [-0.39, 0.29) is 35.4 Å². The molecule has 0 bridgehead atoms. The largest absolute Gasteiger partial charge is 0.378 e. The van der Waals surface area contributed by atoms with Gasteiger partial charge in [-0.05, 0) is 56.4 Å². The normalized spacial score (nSPS) is 36.5. The molecule has 2 aliphatic heterocycles. The van der Waals surface area contributed by atoms with E-state index in [4.69, 9.17) is 18.9 Å². The minimum Gasteiger partial charge on any atom is -0.378 e. The van der Waals surface area contributed by atoms with E-state index in [1.54, 1.807) is 0 Å². The number of rotatable bonds is 7. The second-order valence-electron chi connectivity index (χ2n) is 9.87. The lowest BCUT2D eigenvalue weighted by atomic mass is 9.68. The zero-order chi connectivity index (χ0) is 21.6. The number of hydrogen-bond donors (Lipinski definition) is 0. The molecule has 0 aromatic heterocycles. The lowest BCUT2D eigenvalue weighted by molar-refractivity contribution is -0.142. The third kappa shape index (κ3) is 3.84. The predicted octanol–water partition coefficient (Wildman–Crippen LogP) is 5.43. The molecule has 1 spiro atoms. The molecule has 5 rings (SSSR count). The van der Waals surface area contributed by atoms with Gasteiger partial charge in [0.15, 0.2) is 0 Å². The Morgan fingerprint density at radius 2 is 1.94 bits per heavy atom. The molecule has 6 unspecified atom stereocenters. The van der Waals surface area contributed by atoms with Crippen molar-refractivity contribution in [3.05, 3.63) is 59.7 Å². The highest BCUT2D eigenvalue weighted by molar-refractivity contribution is 5.85. The van der Waals surface area contributed by atoms with E-state index in [2.05, 4.69) is 69.3 Å². The monoisotopic (exact) mass is 422 g/mol. The fraction of sp³-hybridized carbons (Fsp3) is 0.556. The summed E-state index contributed by atoms with van der Waals surface area (Å²) in [6.07, 6.45) is 5.41. The van der Waals surface area contributed by atoms with Gasteiger partial charge in [0.05, 0.1) is 43.0 Å². The molecule has 0 radical (unpaired) electrons. The Balaban J connectivity index is 1.34. The van der Waals surface area contributed by atoms with Crippen molar-refractivity contribution >= 4 is 10.8 Å². The number of methoxy groups -OCH3 is 1. The summed E-state index contributed by atoms with van der Waals surface area (Å²) in [6, 6.07) is 14.9. The van der Waals surface area contributed by atoms with Crippen LogP contribution in [0.2, 0.25) is 0 Å². The Hall–Kier alpha value is -1.72. The molecule has 4 nitrogen and oxygen atoms in total. The average Bonchev–Trinajstić information content (AvgIpc) is 3.68. The van der Waals surface area contributed by atoms with Gasteiger partial charge in [0.25, 0.3) is 0 Å².